The maximum Gasteiger partial charge on any atom is 0.299 e. The molecule has 0 unspecified atom stereocenters. The van der Waals surface area contributed by atoms with Crippen molar-refractivity contribution in [1.29, 1.82) is 5.26 Å². The lowest BCUT2D eigenvalue weighted by Gasteiger charge is -2.06. The van der Waals surface area contributed by atoms with Crippen molar-refractivity contribution in [1.82, 2.24) is 4.98 Å². The van der Waals surface area contributed by atoms with Gasteiger partial charge < -0.3 is 14.1 Å². The van der Waals surface area contributed by atoms with Crippen LogP contribution in [0.25, 0.3) is 23.5 Å². The molecule has 2 heterocycles. The largest absolute Gasteiger partial charge is 0.457 e. The third-order valence-corrected chi connectivity index (χ3v) is 4.32. The summed E-state index contributed by atoms with van der Waals surface area (Å²) in [6.07, 6.45) is 2.84. The second-order valence-electron chi connectivity index (χ2n) is 5.91. The lowest BCUT2D eigenvalue weighted by molar-refractivity contribution is -0.386. The Labute approximate surface area is 169 Å². The number of halogens is 1. The van der Waals surface area contributed by atoms with Gasteiger partial charge in [0.15, 0.2) is 0 Å². The quantitative estimate of drug-likeness (QED) is 0.474. The van der Waals surface area contributed by atoms with Crippen molar-refractivity contribution in [3.05, 3.63) is 84.5 Å². The Morgan fingerprint density at radius 3 is 2.62 bits per heavy atom. The van der Waals surface area contributed by atoms with Gasteiger partial charge in [0.2, 0.25) is 0 Å². The van der Waals surface area contributed by atoms with Crippen molar-refractivity contribution >= 4 is 29.4 Å². The van der Waals surface area contributed by atoms with Gasteiger partial charge in [0.05, 0.1) is 17.1 Å². The predicted molar refractivity (Wildman–Crippen MR) is 107 cm³/mol. The van der Waals surface area contributed by atoms with Crippen LogP contribution >= 0.6 is 11.6 Å². The van der Waals surface area contributed by atoms with Gasteiger partial charge in [0.25, 0.3) is 11.2 Å². The van der Waals surface area contributed by atoms with E-state index < -0.39 is 16.2 Å². The van der Waals surface area contributed by atoms with E-state index in [4.69, 9.17) is 26.0 Å². The summed E-state index contributed by atoms with van der Waals surface area (Å²) in [7, 11) is 1.32. The first kappa shape index (κ1) is 20.1. The number of hydrogen-bond acceptors (Lipinski definition) is 6. The van der Waals surface area contributed by atoms with E-state index in [9.17, 15) is 14.9 Å². The van der Waals surface area contributed by atoms with Gasteiger partial charge in [0, 0.05) is 17.7 Å². The zero-order chi connectivity index (χ0) is 21.0. The second-order valence-corrected chi connectivity index (χ2v) is 6.35. The maximum atomic E-state index is 12.1. The Bertz CT molecular complexity index is 1190. The van der Waals surface area contributed by atoms with E-state index >= 15 is 0 Å². The van der Waals surface area contributed by atoms with E-state index in [0.29, 0.717) is 16.5 Å². The van der Waals surface area contributed by atoms with Gasteiger partial charge in [-0.25, -0.2) is 0 Å². The van der Waals surface area contributed by atoms with Crippen LogP contribution in [0.3, 0.4) is 0 Å². The molecule has 0 spiro atoms. The highest BCUT2D eigenvalue weighted by Crippen LogP contribution is 2.27. The smallest absolute Gasteiger partial charge is 0.299 e. The molecule has 0 bridgehead atoms. The highest BCUT2D eigenvalue weighted by atomic mass is 35.5. The molecule has 0 radical (unpaired) electrons. The van der Waals surface area contributed by atoms with Gasteiger partial charge in [0.1, 0.15) is 28.8 Å². The predicted octanol–water partition coefficient (Wildman–Crippen LogP) is 4.38. The van der Waals surface area contributed by atoms with Gasteiger partial charge in [-0.05, 0) is 48.6 Å². The Balaban J connectivity index is 2.01. The number of hydrogen-bond donors (Lipinski definition) is 1. The molecule has 0 atom stereocenters. The average molecular weight is 412 g/mol. The summed E-state index contributed by atoms with van der Waals surface area (Å²) in [5.41, 5.74) is -0.803. The standard InChI is InChI=1S/C20H14ClN3O5/c1-28-11-16-15(10-22)20(25)23-17(19(16)24(26)27)8-6-14-7-9-18(29-14)12-2-4-13(21)5-3-12/h2-9H,11H2,1H3,(H,23,25). The van der Waals surface area contributed by atoms with Crippen molar-refractivity contribution in [3.63, 3.8) is 0 Å². The Morgan fingerprint density at radius 1 is 1.28 bits per heavy atom. The summed E-state index contributed by atoms with van der Waals surface area (Å²) in [4.78, 5) is 25.4. The molecule has 0 amide bonds. The van der Waals surface area contributed by atoms with Crippen molar-refractivity contribution in [3.8, 4) is 17.4 Å². The Hall–Kier alpha value is -3.67. The number of furan rings is 1. The molecule has 146 valence electrons. The molecule has 3 rings (SSSR count). The first-order valence-corrected chi connectivity index (χ1v) is 8.68. The van der Waals surface area contributed by atoms with Crippen molar-refractivity contribution in [2.75, 3.05) is 7.11 Å². The SMILES string of the molecule is COCc1c([N+](=O)[O-])c(C=Cc2ccc(-c3ccc(Cl)cc3)o2)[nH]c(=O)c1C#N. The summed E-state index contributed by atoms with van der Waals surface area (Å²) in [6, 6.07) is 12.2. The fraction of sp³-hybridized carbons (Fsp3) is 0.100. The molecule has 9 heteroatoms. The first-order valence-electron chi connectivity index (χ1n) is 8.31. The van der Waals surface area contributed by atoms with E-state index in [1.165, 1.54) is 19.3 Å². The van der Waals surface area contributed by atoms with E-state index in [1.807, 2.05) is 0 Å². The van der Waals surface area contributed by atoms with Crippen LogP contribution in [0, 0.1) is 21.4 Å². The summed E-state index contributed by atoms with van der Waals surface area (Å²) < 4.78 is 10.7. The van der Waals surface area contributed by atoms with Crippen LogP contribution in [0.2, 0.25) is 5.02 Å². The minimum absolute atomic E-state index is 0.0597. The monoisotopic (exact) mass is 411 g/mol. The fourth-order valence-corrected chi connectivity index (χ4v) is 2.90. The molecule has 0 saturated heterocycles. The third kappa shape index (κ3) is 4.27. The molecule has 2 aromatic heterocycles. The highest BCUT2D eigenvalue weighted by Gasteiger charge is 2.25. The molecular weight excluding hydrogens is 398 g/mol. The fourth-order valence-electron chi connectivity index (χ4n) is 2.77. The van der Waals surface area contributed by atoms with Gasteiger partial charge in [-0.2, -0.15) is 5.26 Å². The zero-order valence-electron chi connectivity index (χ0n) is 15.1. The van der Waals surface area contributed by atoms with E-state index in [0.717, 1.165) is 5.56 Å². The number of H-pyrrole nitrogens is 1. The second kappa shape index (κ2) is 8.56. The summed E-state index contributed by atoms with van der Waals surface area (Å²) in [6.45, 7) is -0.245. The van der Waals surface area contributed by atoms with Crippen molar-refractivity contribution in [2.24, 2.45) is 0 Å². The number of aromatic nitrogens is 1. The van der Waals surface area contributed by atoms with Crippen molar-refractivity contribution < 1.29 is 14.1 Å². The molecule has 0 aliphatic rings. The number of ether oxygens (including phenoxy) is 1. The lowest BCUT2D eigenvalue weighted by atomic mass is 10.1. The molecule has 29 heavy (non-hydrogen) atoms. The van der Waals surface area contributed by atoms with Crippen LogP contribution in [0.15, 0.2) is 45.6 Å². The average Bonchev–Trinajstić information content (AvgIpc) is 3.16. The van der Waals surface area contributed by atoms with Gasteiger partial charge >= 0.3 is 0 Å². The Kier molecular flexibility index (Phi) is 5.93. The molecule has 0 aliphatic carbocycles. The highest BCUT2D eigenvalue weighted by molar-refractivity contribution is 6.30. The number of aromatic amines is 1. The Morgan fingerprint density at radius 2 is 2.00 bits per heavy atom. The number of nitriles is 1. The van der Waals surface area contributed by atoms with Gasteiger partial charge in [-0.1, -0.05) is 11.6 Å². The number of pyridine rings is 1. The zero-order valence-corrected chi connectivity index (χ0v) is 15.9. The lowest BCUT2D eigenvalue weighted by Crippen LogP contribution is -2.18. The normalized spacial score (nSPS) is 10.9. The molecule has 0 saturated carbocycles. The molecular formula is C20H14ClN3O5. The molecule has 0 aliphatic heterocycles. The van der Waals surface area contributed by atoms with Crippen LogP contribution < -0.4 is 5.56 Å². The minimum Gasteiger partial charge on any atom is -0.457 e. The first-order chi connectivity index (χ1) is 13.9. The number of methoxy groups -OCH3 is 1. The summed E-state index contributed by atoms with van der Waals surface area (Å²) in [5, 5.41) is 21.3. The molecule has 0 fully saturated rings. The van der Waals surface area contributed by atoms with Crippen LogP contribution in [-0.2, 0) is 11.3 Å². The number of nitrogens with one attached hydrogen (secondary N) is 1. The number of nitrogens with zero attached hydrogens (tertiary/aromatic N) is 2. The van der Waals surface area contributed by atoms with Gasteiger partial charge in [-0.15, -0.1) is 0 Å². The third-order valence-electron chi connectivity index (χ3n) is 4.07. The molecule has 8 nitrogen and oxygen atoms in total. The maximum absolute atomic E-state index is 12.1. The van der Waals surface area contributed by atoms with E-state index in [2.05, 4.69) is 4.98 Å². The van der Waals surface area contributed by atoms with Crippen LogP contribution in [0.4, 0.5) is 5.69 Å². The van der Waals surface area contributed by atoms with Crippen LogP contribution in [-0.4, -0.2) is 17.0 Å². The number of rotatable bonds is 6. The molecule has 1 aromatic carbocycles. The molecule has 3 aromatic rings. The summed E-state index contributed by atoms with van der Waals surface area (Å²) in [5.74, 6) is 1.01. The van der Waals surface area contributed by atoms with Crippen LogP contribution in [0.5, 0.6) is 0 Å². The number of benzene rings is 1. The summed E-state index contributed by atoms with van der Waals surface area (Å²) >= 11 is 5.88. The van der Waals surface area contributed by atoms with E-state index in [1.54, 1.807) is 42.5 Å². The topological polar surface area (TPSA) is 122 Å². The van der Waals surface area contributed by atoms with Crippen LogP contribution in [0.1, 0.15) is 22.6 Å². The molecule has 1 N–H and O–H groups in total. The minimum atomic E-state index is -0.730. The van der Waals surface area contributed by atoms with Gasteiger partial charge in [-0.3, -0.25) is 14.9 Å². The van der Waals surface area contributed by atoms with Crippen molar-refractivity contribution in [2.45, 2.75) is 6.61 Å². The number of nitro groups is 1. The van der Waals surface area contributed by atoms with E-state index in [-0.39, 0.29) is 23.4 Å².